The van der Waals surface area contributed by atoms with Crippen LogP contribution in [0.1, 0.15) is 35.1 Å². The van der Waals surface area contributed by atoms with Gasteiger partial charge >= 0.3 is 0 Å². The summed E-state index contributed by atoms with van der Waals surface area (Å²) in [6, 6.07) is 17.3. The van der Waals surface area contributed by atoms with E-state index in [1.807, 2.05) is 0 Å². The third-order valence-corrected chi connectivity index (χ3v) is 4.43. The van der Waals surface area contributed by atoms with Gasteiger partial charge in [-0.2, -0.15) is 0 Å². The van der Waals surface area contributed by atoms with Gasteiger partial charge in [-0.1, -0.05) is 55.5 Å². The molecule has 0 spiro atoms. The summed E-state index contributed by atoms with van der Waals surface area (Å²) >= 11 is 0. The van der Waals surface area contributed by atoms with Crippen molar-refractivity contribution < 1.29 is 5.11 Å². The van der Waals surface area contributed by atoms with Crippen LogP contribution in [0.3, 0.4) is 0 Å². The van der Waals surface area contributed by atoms with Crippen LogP contribution in [0.2, 0.25) is 0 Å². The number of rotatable bonds is 7. The van der Waals surface area contributed by atoms with E-state index < -0.39 is 0 Å². The van der Waals surface area contributed by atoms with E-state index in [-0.39, 0.29) is 6.61 Å². The van der Waals surface area contributed by atoms with Gasteiger partial charge in [0.05, 0.1) is 6.61 Å². The van der Waals surface area contributed by atoms with Gasteiger partial charge in [0.15, 0.2) is 0 Å². The lowest BCUT2D eigenvalue weighted by molar-refractivity contribution is 0.198. The molecule has 2 aromatic carbocycles. The molecule has 118 valence electrons. The van der Waals surface area contributed by atoms with Crippen LogP contribution in [-0.2, 0) is 0 Å². The summed E-state index contributed by atoms with van der Waals surface area (Å²) in [6.45, 7) is 9.35. The van der Waals surface area contributed by atoms with E-state index in [9.17, 15) is 5.11 Å². The van der Waals surface area contributed by atoms with Gasteiger partial charge in [0, 0.05) is 19.0 Å². The van der Waals surface area contributed by atoms with Crippen molar-refractivity contribution in [3.05, 3.63) is 70.8 Å². The molecule has 0 saturated heterocycles. The Morgan fingerprint density at radius 3 is 1.82 bits per heavy atom. The van der Waals surface area contributed by atoms with E-state index in [2.05, 4.69) is 74.2 Å². The zero-order valence-corrected chi connectivity index (χ0v) is 13.9. The van der Waals surface area contributed by atoms with E-state index >= 15 is 0 Å². The number of aliphatic hydroxyl groups is 1. The van der Waals surface area contributed by atoms with Gasteiger partial charge < -0.3 is 10.0 Å². The van der Waals surface area contributed by atoms with Crippen LogP contribution in [0.4, 0.5) is 0 Å². The van der Waals surface area contributed by atoms with Gasteiger partial charge in [0.1, 0.15) is 0 Å². The molecule has 2 aromatic rings. The smallest absolute Gasteiger partial charge is 0.0558 e. The number of likely N-dealkylation sites (N-methyl/N-ethyl adjacent to an activating group) is 1. The van der Waals surface area contributed by atoms with Crippen molar-refractivity contribution in [1.29, 1.82) is 0 Å². The Balaban J connectivity index is 2.41. The first-order chi connectivity index (χ1) is 10.7. The fraction of sp³-hybridized carbons (Fsp3) is 0.400. The average molecular weight is 297 g/mol. The number of aryl methyl sites for hydroxylation is 2. The zero-order chi connectivity index (χ0) is 15.9. The maximum absolute atomic E-state index is 9.29. The molecule has 0 aliphatic carbocycles. The second-order valence-corrected chi connectivity index (χ2v) is 5.88. The molecule has 0 unspecified atom stereocenters. The number of hydrogen-bond acceptors (Lipinski definition) is 2. The van der Waals surface area contributed by atoms with E-state index in [0.29, 0.717) is 5.92 Å². The second kappa shape index (κ2) is 8.11. The van der Waals surface area contributed by atoms with Crippen LogP contribution in [0.15, 0.2) is 48.5 Å². The molecule has 0 saturated carbocycles. The molecule has 0 heterocycles. The molecule has 0 amide bonds. The highest BCUT2D eigenvalue weighted by molar-refractivity contribution is 5.41. The fourth-order valence-electron chi connectivity index (χ4n) is 3.10. The quantitative estimate of drug-likeness (QED) is 0.841. The van der Waals surface area contributed by atoms with Crippen LogP contribution < -0.4 is 0 Å². The summed E-state index contributed by atoms with van der Waals surface area (Å²) in [6.07, 6.45) is 0. The first-order valence-corrected chi connectivity index (χ1v) is 8.11. The lowest BCUT2D eigenvalue weighted by Crippen LogP contribution is -2.32. The molecule has 0 radical (unpaired) electrons. The van der Waals surface area contributed by atoms with Crippen LogP contribution >= 0.6 is 0 Å². The number of nitrogens with zero attached hydrogens (tertiary/aromatic N) is 1. The molecule has 2 rings (SSSR count). The predicted octanol–water partition coefficient (Wildman–Crippen LogP) is 3.75. The maximum atomic E-state index is 9.29. The minimum Gasteiger partial charge on any atom is -0.395 e. The van der Waals surface area contributed by atoms with E-state index in [4.69, 9.17) is 0 Å². The van der Waals surface area contributed by atoms with Crippen LogP contribution in [-0.4, -0.2) is 36.2 Å². The number of hydrogen-bond donors (Lipinski definition) is 1. The molecule has 2 heteroatoms. The van der Waals surface area contributed by atoms with Crippen LogP contribution in [0, 0.1) is 13.8 Å². The third-order valence-electron chi connectivity index (χ3n) is 4.43. The highest BCUT2D eigenvalue weighted by Crippen LogP contribution is 2.30. The molecule has 0 aromatic heterocycles. The summed E-state index contributed by atoms with van der Waals surface area (Å²) in [5.41, 5.74) is 5.42. The fourth-order valence-corrected chi connectivity index (χ4v) is 3.10. The first-order valence-electron chi connectivity index (χ1n) is 8.11. The van der Waals surface area contributed by atoms with E-state index in [1.165, 1.54) is 22.3 Å². The Bertz CT molecular complexity index is 548. The molecule has 22 heavy (non-hydrogen) atoms. The van der Waals surface area contributed by atoms with Gasteiger partial charge in [-0.3, -0.25) is 0 Å². The topological polar surface area (TPSA) is 23.5 Å². The van der Waals surface area contributed by atoms with Gasteiger partial charge in [0.2, 0.25) is 0 Å². The Hall–Kier alpha value is -1.64. The van der Waals surface area contributed by atoms with Crippen molar-refractivity contribution in [3.8, 4) is 0 Å². The van der Waals surface area contributed by atoms with E-state index in [1.54, 1.807) is 0 Å². The van der Waals surface area contributed by atoms with Gasteiger partial charge in [-0.25, -0.2) is 0 Å². The summed E-state index contributed by atoms with van der Waals surface area (Å²) in [5, 5.41) is 9.29. The van der Waals surface area contributed by atoms with Crippen molar-refractivity contribution in [2.75, 3.05) is 26.2 Å². The lowest BCUT2D eigenvalue weighted by atomic mass is 9.85. The van der Waals surface area contributed by atoms with E-state index in [0.717, 1.165) is 19.6 Å². The minimum absolute atomic E-state index is 0.210. The monoisotopic (exact) mass is 297 g/mol. The minimum atomic E-state index is 0.210. The molecular weight excluding hydrogens is 270 g/mol. The molecule has 0 aliphatic heterocycles. The maximum Gasteiger partial charge on any atom is 0.0558 e. The largest absolute Gasteiger partial charge is 0.395 e. The van der Waals surface area contributed by atoms with Crippen LogP contribution in [0.5, 0.6) is 0 Å². The standard InChI is InChI=1S/C20H27NO/c1-4-21(13-14-22)15-20(18-11-7-5-9-16(18)2)19-12-8-6-10-17(19)3/h5-12,20,22H,4,13-15H2,1-3H3. The Morgan fingerprint density at radius 2 is 1.41 bits per heavy atom. The molecule has 0 atom stereocenters. The van der Waals surface area contributed by atoms with Crippen molar-refractivity contribution >= 4 is 0 Å². The van der Waals surface area contributed by atoms with Crippen molar-refractivity contribution in [3.63, 3.8) is 0 Å². The highest BCUT2D eigenvalue weighted by Gasteiger charge is 2.20. The average Bonchev–Trinajstić information content (AvgIpc) is 2.53. The number of benzene rings is 2. The summed E-state index contributed by atoms with van der Waals surface area (Å²) in [7, 11) is 0. The van der Waals surface area contributed by atoms with Gasteiger partial charge in [-0.05, 0) is 42.6 Å². The van der Waals surface area contributed by atoms with Crippen molar-refractivity contribution in [2.45, 2.75) is 26.7 Å². The summed E-state index contributed by atoms with van der Waals surface area (Å²) in [5.74, 6) is 0.342. The second-order valence-electron chi connectivity index (χ2n) is 5.88. The molecular formula is C20H27NO. The Kier molecular flexibility index (Phi) is 6.17. The highest BCUT2D eigenvalue weighted by atomic mass is 16.3. The Morgan fingerprint density at radius 1 is 0.909 bits per heavy atom. The number of aliphatic hydroxyl groups excluding tert-OH is 1. The molecule has 2 nitrogen and oxygen atoms in total. The Labute approximate surface area is 134 Å². The van der Waals surface area contributed by atoms with Gasteiger partial charge in [0.25, 0.3) is 0 Å². The zero-order valence-electron chi connectivity index (χ0n) is 13.9. The molecule has 1 N–H and O–H groups in total. The lowest BCUT2D eigenvalue weighted by Gasteiger charge is -2.28. The summed E-state index contributed by atoms with van der Waals surface area (Å²) < 4.78 is 0. The summed E-state index contributed by atoms with van der Waals surface area (Å²) in [4.78, 5) is 2.32. The molecule has 0 aliphatic rings. The molecule has 0 fully saturated rings. The van der Waals surface area contributed by atoms with Gasteiger partial charge in [-0.15, -0.1) is 0 Å². The molecule has 0 bridgehead atoms. The predicted molar refractivity (Wildman–Crippen MR) is 93.4 cm³/mol. The van der Waals surface area contributed by atoms with Crippen LogP contribution in [0.25, 0.3) is 0 Å². The van der Waals surface area contributed by atoms with Crippen molar-refractivity contribution in [2.24, 2.45) is 0 Å². The first kappa shape index (κ1) is 16.7. The normalized spacial score (nSPS) is 11.4. The van der Waals surface area contributed by atoms with Crippen molar-refractivity contribution in [1.82, 2.24) is 4.90 Å². The third kappa shape index (κ3) is 3.96. The SMILES string of the molecule is CCN(CCO)CC(c1ccccc1C)c1ccccc1C.